The van der Waals surface area contributed by atoms with Crippen LogP contribution >= 0.6 is 0 Å². The summed E-state index contributed by atoms with van der Waals surface area (Å²) in [6.07, 6.45) is -0.274. The summed E-state index contributed by atoms with van der Waals surface area (Å²) in [6.45, 7) is 5.74. The number of amides is 1. The predicted octanol–water partition coefficient (Wildman–Crippen LogP) is 3.94. The maximum atomic E-state index is 13.0. The fraction of sp³-hybridized carbons (Fsp3) is 0.318. The molecular formula is C22H23NO3. The molecule has 2 atom stereocenters. The highest BCUT2D eigenvalue weighted by atomic mass is 16.5. The summed E-state index contributed by atoms with van der Waals surface area (Å²) >= 11 is 0. The number of fused-ring (bicyclic) bond motifs is 6. The van der Waals surface area contributed by atoms with Gasteiger partial charge < -0.3 is 15.2 Å². The van der Waals surface area contributed by atoms with E-state index in [0.717, 1.165) is 21.5 Å². The first-order chi connectivity index (χ1) is 12.3. The van der Waals surface area contributed by atoms with Crippen molar-refractivity contribution in [2.24, 2.45) is 5.41 Å². The van der Waals surface area contributed by atoms with Crippen LogP contribution in [0, 0.1) is 5.41 Å². The zero-order valence-corrected chi connectivity index (χ0v) is 15.5. The minimum atomic E-state index is -1.53. The second kappa shape index (κ2) is 5.53. The van der Waals surface area contributed by atoms with Crippen LogP contribution < -0.4 is 5.32 Å². The highest BCUT2D eigenvalue weighted by molar-refractivity contribution is 6.21. The fourth-order valence-electron chi connectivity index (χ4n) is 4.11. The van der Waals surface area contributed by atoms with Crippen molar-refractivity contribution in [2.45, 2.75) is 32.6 Å². The Morgan fingerprint density at radius 2 is 1.50 bits per heavy atom. The molecule has 3 aromatic rings. The molecular weight excluding hydrogens is 326 g/mol. The van der Waals surface area contributed by atoms with Gasteiger partial charge in [0.1, 0.15) is 0 Å². The van der Waals surface area contributed by atoms with Crippen LogP contribution in [-0.2, 0) is 10.5 Å². The van der Waals surface area contributed by atoms with Crippen LogP contribution in [0.2, 0.25) is 0 Å². The zero-order valence-electron chi connectivity index (χ0n) is 15.5. The molecule has 1 aliphatic rings. The monoisotopic (exact) mass is 349 g/mol. The van der Waals surface area contributed by atoms with Crippen LogP contribution in [0.1, 0.15) is 36.7 Å². The van der Waals surface area contributed by atoms with Crippen LogP contribution in [0.25, 0.3) is 21.5 Å². The highest BCUT2D eigenvalue weighted by Crippen LogP contribution is 2.50. The molecule has 134 valence electrons. The lowest BCUT2D eigenvalue weighted by atomic mass is 9.72. The molecule has 4 heteroatoms. The number of aliphatic hydroxyl groups is 1. The quantitative estimate of drug-likeness (QED) is 0.704. The first kappa shape index (κ1) is 17.0. The fourth-order valence-corrected chi connectivity index (χ4v) is 4.11. The van der Waals surface area contributed by atoms with Crippen LogP contribution in [0.4, 0.5) is 0 Å². The van der Waals surface area contributed by atoms with E-state index < -0.39 is 11.1 Å². The van der Waals surface area contributed by atoms with Crippen molar-refractivity contribution in [1.82, 2.24) is 5.32 Å². The largest absolute Gasteiger partial charge is 0.381 e. The third-order valence-electron chi connectivity index (χ3n) is 6.12. The Morgan fingerprint density at radius 3 is 2.08 bits per heavy atom. The number of nitrogens with one attached hydrogen (secondary N) is 1. The van der Waals surface area contributed by atoms with Crippen LogP contribution in [-0.4, -0.2) is 24.2 Å². The van der Waals surface area contributed by atoms with Crippen molar-refractivity contribution in [2.75, 3.05) is 7.11 Å². The SMILES string of the molecule is COC(C)C(C)(C)C1(O)NC(=O)c2c1c1ccccc1c1ccccc21. The van der Waals surface area contributed by atoms with Crippen molar-refractivity contribution in [3.05, 3.63) is 59.7 Å². The Hall–Kier alpha value is -2.43. The predicted molar refractivity (Wildman–Crippen MR) is 103 cm³/mol. The molecule has 3 aromatic carbocycles. The number of ether oxygens (including phenoxy) is 1. The molecule has 4 nitrogen and oxygen atoms in total. The van der Waals surface area contributed by atoms with Gasteiger partial charge in [-0.2, -0.15) is 0 Å². The second-order valence-electron chi connectivity index (χ2n) is 7.61. The first-order valence-corrected chi connectivity index (χ1v) is 8.84. The van der Waals surface area contributed by atoms with Crippen molar-refractivity contribution >= 4 is 27.5 Å². The van der Waals surface area contributed by atoms with Crippen LogP contribution in [0.5, 0.6) is 0 Å². The lowest BCUT2D eigenvalue weighted by Crippen LogP contribution is -2.56. The normalized spacial score (nSPS) is 21.0. The summed E-state index contributed by atoms with van der Waals surface area (Å²) in [4.78, 5) is 13.0. The molecule has 0 saturated heterocycles. The van der Waals surface area contributed by atoms with Crippen molar-refractivity contribution in [3.63, 3.8) is 0 Å². The number of carbonyl (C=O) groups excluding carboxylic acids is 1. The molecule has 1 aliphatic heterocycles. The average Bonchev–Trinajstić information content (AvgIpc) is 2.94. The van der Waals surface area contributed by atoms with Gasteiger partial charge in [0.2, 0.25) is 0 Å². The van der Waals surface area contributed by atoms with Crippen molar-refractivity contribution in [3.8, 4) is 0 Å². The van der Waals surface area contributed by atoms with Gasteiger partial charge >= 0.3 is 0 Å². The van der Waals surface area contributed by atoms with E-state index in [9.17, 15) is 9.90 Å². The van der Waals surface area contributed by atoms with E-state index in [1.54, 1.807) is 7.11 Å². The molecule has 0 aliphatic carbocycles. The highest BCUT2D eigenvalue weighted by Gasteiger charge is 2.56. The summed E-state index contributed by atoms with van der Waals surface area (Å²) in [5.74, 6) is -0.249. The summed E-state index contributed by atoms with van der Waals surface area (Å²) in [5, 5.41) is 18.4. The van der Waals surface area contributed by atoms with Gasteiger partial charge in [0.15, 0.2) is 5.72 Å². The molecule has 2 N–H and O–H groups in total. The lowest BCUT2D eigenvalue weighted by Gasteiger charge is -2.44. The Balaban J connectivity index is 2.18. The maximum absolute atomic E-state index is 13.0. The summed E-state index contributed by atoms with van der Waals surface area (Å²) in [6, 6.07) is 15.8. The van der Waals surface area contributed by atoms with Gasteiger partial charge in [0.25, 0.3) is 5.91 Å². The smallest absolute Gasteiger partial charge is 0.254 e. The number of hydrogen-bond donors (Lipinski definition) is 2. The molecule has 2 unspecified atom stereocenters. The Bertz CT molecular complexity index is 1040. The Kier molecular flexibility index (Phi) is 3.62. The van der Waals surface area contributed by atoms with Gasteiger partial charge in [-0.05, 0) is 28.5 Å². The molecule has 4 rings (SSSR count). The molecule has 0 fully saturated rings. The topological polar surface area (TPSA) is 58.6 Å². The maximum Gasteiger partial charge on any atom is 0.254 e. The summed E-state index contributed by atoms with van der Waals surface area (Å²) in [5.41, 5.74) is -1.07. The van der Waals surface area contributed by atoms with Crippen molar-refractivity contribution in [1.29, 1.82) is 0 Å². The van der Waals surface area contributed by atoms with Gasteiger partial charge in [-0.3, -0.25) is 4.79 Å². The van der Waals surface area contributed by atoms with Crippen molar-refractivity contribution < 1.29 is 14.6 Å². The van der Waals surface area contributed by atoms with Gasteiger partial charge in [-0.1, -0.05) is 62.4 Å². The Labute approximate surface area is 152 Å². The minimum absolute atomic E-state index is 0.249. The van der Waals surface area contributed by atoms with Gasteiger partial charge in [-0.15, -0.1) is 0 Å². The number of benzene rings is 3. The number of carbonyl (C=O) groups is 1. The number of rotatable bonds is 3. The van der Waals surface area contributed by atoms with E-state index in [0.29, 0.717) is 11.1 Å². The first-order valence-electron chi connectivity index (χ1n) is 8.84. The van der Waals surface area contributed by atoms with E-state index in [4.69, 9.17) is 4.74 Å². The molecule has 1 amide bonds. The molecule has 0 radical (unpaired) electrons. The van der Waals surface area contributed by atoms with E-state index in [1.807, 2.05) is 69.3 Å². The lowest BCUT2D eigenvalue weighted by molar-refractivity contribution is -0.144. The van der Waals surface area contributed by atoms with E-state index in [-0.39, 0.29) is 12.0 Å². The standard InChI is InChI=1S/C22H23NO3/c1-13(26-4)21(2,3)22(25)19-17-12-8-6-10-15(17)14-9-5-7-11-16(14)18(19)20(24)23-22/h5-13,25H,1-4H3,(H,23,24). The molecule has 1 heterocycles. The molecule has 0 aromatic heterocycles. The van der Waals surface area contributed by atoms with Gasteiger partial charge in [0.05, 0.1) is 11.7 Å². The third-order valence-corrected chi connectivity index (χ3v) is 6.12. The van der Waals surface area contributed by atoms with Crippen LogP contribution in [0.15, 0.2) is 48.5 Å². The van der Waals surface area contributed by atoms with E-state index in [2.05, 4.69) is 5.32 Å². The summed E-state index contributed by atoms with van der Waals surface area (Å²) < 4.78 is 5.53. The minimum Gasteiger partial charge on any atom is -0.381 e. The van der Waals surface area contributed by atoms with Gasteiger partial charge in [0, 0.05) is 18.1 Å². The molecule has 26 heavy (non-hydrogen) atoms. The van der Waals surface area contributed by atoms with Crippen LogP contribution in [0.3, 0.4) is 0 Å². The van der Waals surface area contributed by atoms with Gasteiger partial charge in [-0.25, -0.2) is 0 Å². The van der Waals surface area contributed by atoms with E-state index >= 15 is 0 Å². The summed E-state index contributed by atoms with van der Waals surface area (Å²) in [7, 11) is 1.62. The number of methoxy groups -OCH3 is 1. The average molecular weight is 349 g/mol. The zero-order chi connectivity index (χ0) is 18.7. The molecule has 0 spiro atoms. The number of hydrogen-bond acceptors (Lipinski definition) is 3. The van der Waals surface area contributed by atoms with E-state index in [1.165, 1.54) is 0 Å². The second-order valence-corrected chi connectivity index (χ2v) is 7.61. The third kappa shape index (κ3) is 2.00. The Morgan fingerprint density at radius 1 is 1.00 bits per heavy atom. The molecule has 0 saturated carbocycles. The molecule has 0 bridgehead atoms.